The second-order valence-electron chi connectivity index (χ2n) is 5.63. The zero-order valence-corrected chi connectivity index (χ0v) is 14.2. The van der Waals surface area contributed by atoms with E-state index in [1.807, 2.05) is 13.2 Å². The number of rotatable bonds is 5. The molecule has 2 atom stereocenters. The molecule has 0 spiro atoms. The van der Waals surface area contributed by atoms with Crippen LogP contribution in [0.2, 0.25) is 0 Å². The van der Waals surface area contributed by atoms with E-state index in [1.54, 1.807) is 40.8 Å². The average Bonchev–Trinajstić information content (AvgIpc) is 3.22. The first kappa shape index (κ1) is 16.0. The zero-order chi connectivity index (χ0) is 16.6. The number of aryl methyl sites for hydroxylation is 1. The summed E-state index contributed by atoms with van der Waals surface area (Å²) < 4.78 is 14.9. The average molecular weight is 334 g/mol. The summed E-state index contributed by atoms with van der Waals surface area (Å²) in [5.74, 6) is -0.197. The summed E-state index contributed by atoms with van der Waals surface area (Å²) >= 11 is 1.74. The lowest BCUT2D eigenvalue weighted by atomic mass is 10.2. The quantitative estimate of drug-likeness (QED) is 0.843. The highest BCUT2D eigenvalue weighted by atomic mass is 32.2. The molecule has 5 nitrogen and oxygen atoms in total. The number of carbonyl (C=O) groups excluding carboxylic acids is 1. The van der Waals surface area contributed by atoms with Gasteiger partial charge in [0.05, 0.1) is 41.6 Å². The van der Waals surface area contributed by atoms with Crippen LogP contribution in [0.25, 0.3) is 5.69 Å². The molecule has 1 aliphatic carbocycles. The summed E-state index contributed by atoms with van der Waals surface area (Å²) in [6.07, 6.45) is 8.13. The van der Waals surface area contributed by atoms with Crippen LogP contribution < -0.4 is 4.90 Å². The van der Waals surface area contributed by atoms with E-state index in [9.17, 15) is 9.18 Å². The van der Waals surface area contributed by atoms with Crippen LogP contribution in [-0.4, -0.2) is 39.2 Å². The summed E-state index contributed by atoms with van der Waals surface area (Å²) in [5.41, 5.74) is 2.13. The third kappa shape index (κ3) is 3.10. The molecule has 0 saturated heterocycles. The molecule has 0 bridgehead atoms. The Bertz CT molecular complexity index is 733. The number of thioether (sulfide) groups is 1. The first-order valence-electron chi connectivity index (χ1n) is 7.55. The number of hydrogen-bond acceptors (Lipinski definition) is 4. The Kier molecular flexibility index (Phi) is 4.39. The Hall–Kier alpha value is -1.89. The minimum atomic E-state index is -0.414. The fourth-order valence-electron chi connectivity index (χ4n) is 2.65. The lowest BCUT2D eigenvalue weighted by molar-refractivity contribution is -0.119. The van der Waals surface area contributed by atoms with E-state index in [0.29, 0.717) is 17.4 Å². The van der Waals surface area contributed by atoms with E-state index in [4.69, 9.17) is 0 Å². The third-order valence-electron chi connectivity index (χ3n) is 4.10. The number of pyridine rings is 1. The van der Waals surface area contributed by atoms with Crippen molar-refractivity contribution < 1.29 is 9.18 Å². The van der Waals surface area contributed by atoms with Gasteiger partial charge in [-0.05, 0) is 19.1 Å². The highest BCUT2D eigenvalue weighted by Gasteiger charge is 2.44. The fraction of sp³-hybridized carbons (Fsp3) is 0.438. The molecule has 2 unspecified atom stereocenters. The molecule has 1 saturated carbocycles. The van der Waals surface area contributed by atoms with Gasteiger partial charge in [0, 0.05) is 18.4 Å². The molecular formula is C16H19FN4OS. The van der Waals surface area contributed by atoms with Crippen LogP contribution in [0, 0.1) is 11.7 Å². The van der Waals surface area contributed by atoms with Crippen molar-refractivity contribution in [2.75, 3.05) is 18.2 Å². The Morgan fingerprint density at radius 1 is 1.52 bits per heavy atom. The number of anilines is 1. The number of amides is 1. The van der Waals surface area contributed by atoms with Crippen LogP contribution in [0.3, 0.4) is 0 Å². The van der Waals surface area contributed by atoms with Crippen molar-refractivity contribution in [1.29, 1.82) is 0 Å². The molecule has 122 valence electrons. The van der Waals surface area contributed by atoms with Crippen molar-refractivity contribution in [1.82, 2.24) is 14.8 Å². The van der Waals surface area contributed by atoms with Crippen LogP contribution in [-0.2, 0) is 11.2 Å². The van der Waals surface area contributed by atoms with Crippen LogP contribution >= 0.6 is 11.8 Å². The zero-order valence-electron chi connectivity index (χ0n) is 13.4. The second-order valence-corrected chi connectivity index (χ2v) is 6.71. The first-order valence-corrected chi connectivity index (χ1v) is 8.83. The van der Waals surface area contributed by atoms with Crippen molar-refractivity contribution >= 4 is 23.4 Å². The van der Waals surface area contributed by atoms with Gasteiger partial charge in [-0.2, -0.15) is 16.9 Å². The summed E-state index contributed by atoms with van der Waals surface area (Å²) in [6.45, 7) is 1.99. The van der Waals surface area contributed by atoms with Crippen LogP contribution in [0.15, 0.2) is 24.7 Å². The van der Waals surface area contributed by atoms with Gasteiger partial charge in [0.25, 0.3) is 0 Å². The van der Waals surface area contributed by atoms with Gasteiger partial charge in [-0.25, -0.2) is 9.07 Å². The van der Waals surface area contributed by atoms with Gasteiger partial charge >= 0.3 is 0 Å². The molecule has 2 heterocycles. The maximum absolute atomic E-state index is 13.4. The van der Waals surface area contributed by atoms with E-state index in [-0.39, 0.29) is 11.8 Å². The van der Waals surface area contributed by atoms with Crippen LogP contribution in [0.1, 0.15) is 19.0 Å². The Morgan fingerprint density at radius 2 is 2.30 bits per heavy atom. The van der Waals surface area contributed by atoms with E-state index in [2.05, 4.69) is 10.1 Å². The molecule has 0 radical (unpaired) electrons. The molecule has 23 heavy (non-hydrogen) atoms. The van der Waals surface area contributed by atoms with Gasteiger partial charge in [-0.15, -0.1) is 0 Å². The molecule has 0 aliphatic heterocycles. The summed E-state index contributed by atoms with van der Waals surface area (Å²) in [7, 11) is 1.78. The van der Waals surface area contributed by atoms with Crippen molar-refractivity contribution in [2.45, 2.75) is 25.0 Å². The molecule has 1 amide bonds. The molecule has 1 aliphatic rings. The third-order valence-corrected chi connectivity index (χ3v) is 5.23. The number of aromatic nitrogens is 3. The summed E-state index contributed by atoms with van der Waals surface area (Å²) in [6, 6.07) is 1.37. The highest BCUT2D eigenvalue weighted by Crippen LogP contribution is 2.42. The Balaban J connectivity index is 1.89. The second kappa shape index (κ2) is 6.31. The van der Waals surface area contributed by atoms with Crippen molar-refractivity contribution in [3.8, 4) is 5.69 Å². The number of carbonyl (C=O) groups is 1. The van der Waals surface area contributed by atoms with Gasteiger partial charge in [0.2, 0.25) is 5.91 Å². The van der Waals surface area contributed by atoms with E-state index >= 15 is 0 Å². The lowest BCUT2D eigenvalue weighted by Crippen LogP contribution is -2.29. The van der Waals surface area contributed by atoms with Crippen molar-refractivity contribution in [3.63, 3.8) is 0 Å². The smallest absolute Gasteiger partial charge is 0.231 e. The van der Waals surface area contributed by atoms with Gasteiger partial charge in [0.15, 0.2) is 0 Å². The maximum Gasteiger partial charge on any atom is 0.231 e. The van der Waals surface area contributed by atoms with Gasteiger partial charge in [0.1, 0.15) is 5.82 Å². The molecule has 2 aromatic rings. The summed E-state index contributed by atoms with van der Waals surface area (Å²) in [5, 5.41) is 4.90. The van der Waals surface area contributed by atoms with Crippen LogP contribution in [0.5, 0.6) is 0 Å². The van der Waals surface area contributed by atoms with Gasteiger partial charge < -0.3 is 4.90 Å². The highest BCUT2D eigenvalue weighted by molar-refractivity contribution is 7.99. The molecule has 3 rings (SSSR count). The monoisotopic (exact) mass is 334 g/mol. The molecule has 0 aromatic carbocycles. The number of hydrogen-bond donors (Lipinski definition) is 0. The fourth-order valence-corrected chi connectivity index (χ4v) is 3.49. The predicted octanol–water partition coefficient (Wildman–Crippen LogP) is 2.68. The minimum absolute atomic E-state index is 0.0962. The van der Waals surface area contributed by atoms with Gasteiger partial charge in [-0.3, -0.25) is 9.78 Å². The molecule has 7 heteroatoms. The predicted molar refractivity (Wildman–Crippen MR) is 89.5 cm³/mol. The summed E-state index contributed by atoms with van der Waals surface area (Å²) in [4.78, 5) is 18.1. The molecule has 1 fully saturated rings. The molecule has 0 N–H and O–H groups in total. The van der Waals surface area contributed by atoms with Crippen LogP contribution in [0.4, 0.5) is 10.1 Å². The van der Waals surface area contributed by atoms with Crippen molar-refractivity contribution in [3.05, 3.63) is 36.2 Å². The SMILES string of the molecule is CCc1nn(-c2cncc(F)c2)cc1N(C)C(=O)C1CC1SC. The lowest BCUT2D eigenvalue weighted by Gasteiger charge is -2.16. The molecular weight excluding hydrogens is 315 g/mol. The Labute approximate surface area is 138 Å². The maximum atomic E-state index is 13.4. The van der Waals surface area contributed by atoms with E-state index in [0.717, 1.165) is 24.0 Å². The van der Waals surface area contributed by atoms with Gasteiger partial charge in [-0.1, -0.05) is 6.92 Å². The Morgan fingerprint density at radius 3 is 2.91 bits per heavy atom. The first-order chi connectivity index (χ1) is 11.0. The normalized spacial score (nSPS) is 19.7. The largest absolute Gasteiger partial charge is 0.312 e. The minimum Gasteiger partial charge on any atom is -0.312 e. The topological polar surface area (TPSA) is 51.0 Å². The van der Waals surface area contributed by atoms with E-state index < -0.39 is 5.82 Å². The van der Waals surface area contributed by atoms with E-state index in [1.165, 1.54) is 6.07 Å². The number of halogens is 1. The van der Waals surface area contributed by atoms with Crippen molar-refractivity contribution in [2.24, 2.45) is 5.92 Å². The number of nitrogens with zero attached hydrogens (tertiary/aromatic N) is 4. The standard InChI is InChI=1S/C16H19FN4OS/c1-4-13-14(20(2)16(22)12-6-15(12)23-3)9-21(19-13)11-5-10(17)7-18-8-11/h5,7-9,12,15H,4,6H2,1-3H3. The molecule has 2 aromatic heterocycles.